The number of ether oxygens (including phenoxy) is 4. The van der Waals surface area contributed by atoms with Gasteiger partial charge in [-0.05, 0) is 70.1 Å². The van der Waals surface area contributed by atoms with Gasteiger partial charge >= 0.3 is 0 Å². The van der Waals surface area contributed by atoms with E-state index in [0.717, 1.165) is 58.2 Å². The van der Waals surface area contributed by atoms with Crippen LogP contribution < -0.4 is 0 Å². The van der Waals surface area contributed by atoms with Crippen LogP contribution in [-0.4, -0.2) is 69.9 Å². The highest BCUT2D eigenvalue weighted by Crippen LogP contribution is 2.20. The summed E-state index contributed by atoms with van der Waals surface area (Å²) in [4.78, 5) is 28.6. The lowest BCUT2D eigenvalue weighted by Crippen LogP contribution is -2.36. The Morgan fingerprint density at radius 3 is 1.66 bits per heavy atom. The van der Waals surface area contributed by atoms with E-state index >= 15 is 0 Å². The number of hydroxylamine groups is 2. The van der Waals surface area contributed by atoms with Crippen LogP contribution >= 0.6 is 0 Å². The molecule has 0 aliphatic carbocycles. The third-order valence-corrected chi connectivity index (χ3v) is 6.26. The molecular formula is C27H51NO7. The van der Waals surface area contributed by atoms with Crippen LogP contribution in [0, 0.1) is 23.7 Å². The van der Waals surface area contributed by atoms with Gasteiger partial charge in [0.05, 0.1) is 26.2 Å². The van der Waals surface area contributed by atoms with Crippen LogP contribution in [0.1, 0.15) is 86.0 Å². The lowest BCUT2D eigenvalue weighted by atomic mass is 9.95. The summed E-state index contributed by atoms with van der Waals surface area (Å²) in [7, 11) is 3.13. The van der Waals surface area contributed by atoms with Crippen molar-refractivity contribution in [1.82, 2.24) is 5.06 Å². The Morgan fingerprint density at radius 1 is 0.829 bits per heavy atom. The molecule has 4 atom stereocenters. The number of amides is 1. The third kappa shape index (κ3) is 14.3. The first-order valence-electron chi connectivity index (χ1n) is 13.4. The molecule has 2 fully saturated rings. The highest BCUT2D eigenvalue weighted by molar-refractivity contribution is 5.78. The molecular weight excluding hydrogens is 450 g/mol. The molecule has 1 amide bonds. The summed E-state index contributed by atoms with van der Waals surface area (Å²) in [6.45, 7) is 12.6. The maximum Gasteiger partial charge on any atom is 0.251 e. The van der Waals surface area contributed by atoms with Crippen LogP contribution in [0.3, 0.4) is 0 Å². The van der Waals surface area contributed by atoms with E-state index in [4.69, 9.17) is 23.8 Å². The van der Waals surface area contributed by atoms with Gasteiger partial charge in [-0.1, -0.05) is 27.7 Å². The molecule has 0 aromatic heterocycles. The SMILES string of the molecule is CC(=O)C(COC1CCCCO1)CC(C)C.CON(C)C(=O)C(COC1CCCCO1)CC(C)C. The van der Waals surface area contributed by atoms with Gasteiger partial charge < -0.3 is 18.9 Å². The molecule has 2 saturated heterocycles. The van der Waals surface area contributed by atoms with Gasteiger partial charge in [-0.2, -0.15) is 0 Å². The van der Waals surface area contributed by atoms with Crippen molar-refractivity contribution >= 4 is 11.7 Å². The summed E-state index contributed by atoms with van der Waals surface area (Å²) in [6, 6.07) is 0. The van der Waals surface area contributed by atoms with Crippen LogP contribution in [0.4, 0.5) is 0 Å². The van der Waals surface area contributed by atoms with Crippen molar-refractivity contribution < 1.29 is 33.4 Å². The Bertz CT molecular complexity index is 572. The number of carbonyl (C=O) groups is 2. The average molecular weight is 502 g/mol. The summed E-state index contributed by atoms with van der Waals surface area (Å²) in [6.07, 6.45) is 7.87. The molecule has 0 aromatic carbocycles. The fourth-order valence-corrected chi connectivity index (χ4v) is 4.21. The van der Waals surface area contributed by atoms with Crippen molar-refractivity contribution in [2.24, 2.45) is 23.7 Å². The summed E-state index contributed by atoms with van der Waals surface area (Å²) in [5, 5.41) is 1.28. The van der Waals surface area contributed by atoms with E-state index in [1.165, 1.54) is 18.6 Å². The number of Topliss-reactive ketones (excluding diaryl/α,β-unsaturated/α-hetero) is 1. The minimum Gasteiger partial charge on any atom is -0.353 e. The number of hydrogen-bond acceptors (Lipinski definition) is 7. The second-order valence-electron chi connectivity index (χ2n) is 10.5. The maximum absolute atomic E-state index is 12.2. The van der Waals surface area contributed by atoms with Crippen molar-refractivity contribution in [2.45, 2.75) is 98.6 Å². The quantitative estimate of drug-likeness (QED) is 0.329. The molecule has 0 spiro atoms. The van der Waals surface area contributed by atoms with Gasteiger partial charge in [0.25, 0.3) is 5.91 Å². The first-order valence-corrected chi connectivity index (χ1v) is 13.4. The fraction of sp³-hybridized carbons (Fsp3) is 0.926. The van der Waals surface area contributed by atoms with Crippen LogP contribution in [0.25, 0.3) is 0 Å². The van der Waals surface area contributed by atoms with E-state index in [-0.39, 0.29) is 36.1 Å². The normalized spacial score (nSPS) is 22.3. The van der Waals surface area contributed by atoms with Gasteiger partial charge in [-0.25, -0.2) is 5.06 Å². The summed E-state index contributed by atoms with van der Waals surface area (Å²) >= 11 is 0. The molecule has 0 saturated carbocycles. The minimum atomic E-state index is -0.171. The summed E-state index contributed by atoms with van der Waals surface area (Å²) in [5.41, 5.74) is 0. The Labute approximate surface area is 213 Å². The molecule has 8 heteroatoms. The Hall–Kier alpha value is -1.06. The zero-order chi connectivity index (χ0) is 26.2. The second kappa shape index (κ2) is 18.2. The highest BCUT2D eigenvalue weighted by Gasteiger charge is 2.26. The molecule has 0 bridgehead atoms. The molecule has 0 N–H and O–H groups in total. The molecule has 35 heavy (non-hydrogen) atoms. The van der Waals surface area contributed by atoms with E-state index in [2.05, 4.69) is 27.7 Å². The lowest BCUT2D eigenvalue weighted by molar-refractivity contribution is -0.189. The van der Waals surface area contributed by atoms with Crippen molar-refractivity contribution in [2.75, 3.05) is 40.6 Å². The number of hydrogen-bond donors (Lipinski definition) is 0. The standard InChI is InChI=1S/C14H27NO4.C13H24O3/c1-11(2)9-12(14(16)15(3)17-4)10-19-13-7-5-6-8-18-13;1-10(2)8-12(11(3)14)9-16-13-6-4-5-7-15-13/h11-13H,5-10H2,1-4H3;10,12-13H,4-9H2,1-3H3. The predicted octanol–water partition coefficient (Wildman–Crippen LogP) is 4.99. The summed E-state index contributed by atoms with van der Waals surface area (Å²) in [5.74, 6) is 1.03. The molecule has 0 aromatic rings. The highest BCUT2D eigenvalue weighted by atomic mass is 16.7. The monoisotopic (exact) mass is 501 g/mol. The van der Waals surface area contributed by atoms with Gasteiger partial charge in [-0.15, -0.1) is 0 Å². The second-order valence-corrected chi connectivity index (χ2v) is 10.5. The molecule has 4 unspecified atom stereocenters. The van der Waals surface area contributed by atoms with E-state index in [1.807, 2.05) is 0 Å². The molecule has 206 valence electrons. The van der Waals surface area contributed by atoms with Gasteiger partial charge in [-0.3, -0.25) is 14.4 Å². The minimum absolute atomic E-state index is 0.0329. The zero-order valence-electron chi connectivity index (χ0n) is 23.3. The molecule has 2 aliphatic rings. The molecule has 2 heterocycles. The van der Waals surface area contributed by atoms with Crippen LogP contribution in [0.2, 0.25) is 0 Å². The van der Waals surface area contributed by atoms with Gasteiger partial charge in [0.2, 0.25) is 0 Å². The van der Waals surface area contributed by atoms with E-state index in [0.29, 0.717) is 25.0 Å². The Balaban J connectivity index is 0.000000355. The van der Waals surface area contributed by atoms with Crippen molar-refractivity contribution in [3.05, 3.63) is 0 Å². The third-order valence-electron chi connectivity index (χ3n) is 6.26. The number of ketones is 1. The lowest BCUT2D eigenvalue weighted by Gasteiger charge is -2.27. The molecule has 2 rings (SSSR count). The van der Waals surface area contributed by atoms with E-state index in [9.17, 15) is 9.59 Å². The van der Waals surface area contributed by atoms with Crippen LogP contribution in [0.5, 0.6) is 0 Å². The van der Waals surface area contributed by atoms with Crippen LogP contribution in [-0.2, 0) is 33.4 Å². The Kier molecular flexibility index (Phi) is 16.6. The van der Waals surface area contributed by atoms with E-state index in [1.54, 1.807) is 14.0 Å². The summed E-state index contributed by atoms with van der Waals surface area (Å²) < 4.78 is 22.4. The maximum atomic E-state index is 12.2. The smallest absolute Gasteiger partial charge is 0.251 e. The number of nitrogens with zero attached hydrogens (tertiary/aromatic N) is 1. The molecule has 8 nitrogen and oxygen atoms in total. The fourth-order valence-electron chi connectivity index (χ4n) is 4.21. The number of carbonyl (C=O) groups excluding carboxylic acids is 2. The topological polar surface area (TPSA) is 83.5 Å². The van der Waals surface area contributed by atoms with Gasteiger partial charge in [0, 0.05) is 26.2 Å². The van der Waals surface area contributed by atoms with Crippen molar-refractivity contribution in [3.8, 4) is 0 Å². The van der Waals surface area contributed by atoms with Crippen molar-refractivity contribution in [1.29, 1.82) is 0 Å². The van der Waals surface area contributed by atoms with Crippen molar-refractivity contribution in [3.63, 3.8) is 0 Å². The van der Waals surface area contributed by atoms with E-state index < -0.39 is 0 Å². The zero-order valence-corrected chi connectivity index (χ0v) is 23.3. The largest absolute Gasteiger partial charge is 0.353 e. The first kappa shape index (κ1) is 32.0. The predicted molar refractivity (Wildman–Crippen MR) is 135 cm³/mol. The average Bonchev–Trinajstić information content (AvgIpc) is 2.84. The van der Waals surface area contributed by atoms with Gasteiger partial charge in [0.1, 0.15) is 5.78 Å². The molecule has 2 aliphatic heterocycles. The number of rotatable bonds is 13. The van der Waals surface area contributed by atoms with Gasteiger partial charge in [0.15, 0.2) is 12.6 Å². The molecule has 0 radical (unpaired) electrons. The van der Waals surface area contributed by atoms with Crippen LogP contribution in [0.15, 0.2) is 0 Å². The first-order chi connectivity index (χ1) is 16.6. The Morgan fingerprint density at radius 2 is 1.29 bits per heavy atom.